The molecule has 1 amide bonds. The molecule has 0 radical (unpaired) electrons. The van der Waals surface area contributed by atoms with Gasteiger partial charge in [0.25, 0.3) is 0 Å². The number of para-hydroxylation sites is 2. The Kier molecular flexibility index (Phi) is 6.34. The molecule has 0 bridgehead atoms. The summed E-state index contributed by atoms with van der Waals surface area (Å²) in [5.41, 5.74) is 4.36. The van der Waals surface area contributed by atoms with Crippen molar-refractivity contribution in [2.45, 2.75) is 39.5 Å². The third kappa shape index (κ3) is 5.33. The molecule has 36 heavy (non-hydrogen) atoms. The van der Waals surface area contributed by atoms with E-state index in [1.165, 1.54) is 0 Å². The summed E-state index contributed by atoms with van der Waals surface area (Å²) in [7, 11) is 0. The SMILES string of the molecule is CC(C)(C)OC(=O)NCc1ccccc1NCc1ccc2cncc(-c3cc4ccccc4o3)c2c1. The largest absolute Gasteiger partial charge is 0.456 e. The van der Waals surface area contributed by atoms with Gasteiger partial charge in [-0.1, -0.05) is 48.5 Å². The Hall–Kier alpha value is -4.32. The molecule has 2 heterocycles. The lowest BCUT2D eigenvalue weighted by molar-refractivity contribution is 0.0523. The van der Waals surface area contributed by atoms with Crippen LogP contribution in [-0.4, -0.2) is 16.7 Å². The van der Waals surface area contributed by atoms with Crippen LogP contribution in [0.2, 0.25) is 0 Å². The van der Waals surface area contributed by atoms with Crippen LogP contribution < -0.4 is 10.6 Å². The van der Waals surface area contributed by atoms with E-state index in [1.807, 2.05) is 81.7 Å². The summed E-state index contributed by atoms with van der Waals surface area (Å²) in [6, 6.07) is 24.4. The monoisotopic (exact) mass is 479 g/mol. The molecule has 3 aromatic carbocycles. The van der Waals surface area contributed by atoms with Crippen LogP contribution in [0.4, 0.5) is 10.5 Å². The fraction of sp³-hybridized carbons (Fsp3) is 0.200. The van der Waals surface area contributed by atoms with Crippen LogP contribution in [-0.2, 0) is 17.8 Å². The highest BCUT2D eigenvalue weighted by Gasteiger charge is 2.16. The van der Waals surface area contributed by atoms with E-state index in [4.69, 9.17) is 9.15 Å². The normalized spacial score (nSPS) is 11.5. The van der Waals surface area contributed by atoms with Crippen molar-refractivity contribution in [2.75, 3.05) is 5.32 Å². The number of rotatable bonds is 6. The van der Waals surface area contributed by atoms with Gasteiger partial charge in [-0.05, 0) is 61.5 Å². The summed E-state index contributed by atoms with van der Waals surface area (Å²) < 4.78 is 11.5. The molecule has 0 saturated carbocycles. The number of anilines is 1. The lowest BCUT2D eigenvalue weighted by Crippen LogP contribution is -2.32. The molecule has 2 aromatic heterocycles. The Morgan fingerprint density at radius 2 is 1.72 bits per heavy atom. The number of nitrogens with one attached hydrogen (secondary N) is 2. The number of carbonyl (C=O) groups is 1. The number of carbonyl (C=O) groups excluding carboxylic acids is 1. The van der Waals surface area contributed by atoms with Crippen LogP contribution in [0.3, 0.4) is 0 Å². The van der Waals surface area contributed by atoms with Crippen LogP contribution in [0.15, 0.2) is 89.6 Å². The Bertz CT molecular complexity index is 1500. The Morgan fingerprint density at radius 1 is 0.917 bits per heavy atom. The van der Waals surface area contributed by atoms with E-state index in [-0.39, 0.29) is 0 Å². The molecule has 5 aromatic rings. The summed E-state index contributed by atoms with van der Waals surface area (Å²) in [5, 5.41) is 9.56. The maximum Gasteiger partial charge on any atom is 0.407 e. The van der Waals surface area contributed by atoms with Gasteiger partial charge in [0, 0.05) is 47.5 Å². The fourth-order valence-electron chi connectivity index (χ4n) is 4.16. The number of alkyl carbamates (subject to hydrolysis) is 1. The van der Waals surface area contributed by atoms with Crippen LogP contribution in [0.5, 0.6) is 0 Å². The smallest absolute Gasteiger partial charge is 0.407 e. The maximum absolute atomic E-state index is 12.1. The van der Waals surface area contributed by atoms with E-state index in [9.17, 15) is 4.79 Å². The van der Waals surface area contributed by atoms with E-state index in [2.05, 4.69) is 39.9 Å². The minimum Gasteiger partial charge on any atom is -0.456 e. The predicted octanol–water partition coefficient (Wildman–Crippen LogP) is 7.28. The molecular formula is C30H29N3O3. The molecule has 0 aliphatic rings. The minimum absolute atomic E-state index is 0.373. The molecule has 0 aliphatic carbocycles. The second kappa shape index (κ2) is 9.74. The molecule has 0 fully saturated rings. The van der Waals surface area contributed by atoms with Crippen molar-refractivity contribution in [2.24, 2.45) is 0 Å². The third-order valence-corrected chi connectivity index (χ3v) is 5.84. The van der Waals surface area contributed by atoms with Crippen molar-refractivity contribution in [3.8, 4) is 11.3 Å². The van der Waals surface area contributed by atoms with E-state index in [0.29, 0.717) is 13.1 Å². The molecule has 0 aliphatic heterocycles. The third-order valence-electron chi connectivity index (χ3n) is 5.84. The van der Waals surface area contributed by atoms with Gasteiger partial charge in [-0.2, -0.15) is 0 Å². The summed E-state index contributed by atoms with van der Waals surface area (Å²) in [6.45, 7) is 6.54. The average molecular weight is 480 g/mol. The second-order valence-electron chi connectivity index (χ2n) is 9.76. The summed E-state index contributed by atoms with van der Waals surface area (Å²) >= 11 is 0. The summed E-state index contributed by atoms with van der Waals surface area (Å²) in [6.07, 6.45) is 3.30. The molecule has 0 saturated heterocycles. The number of pyridine rings is 1. The van der Waals surface area contributed by atoms with Gasteiger partial charge in [-0.25, -0.2) is 4.79 Å². The number of benzene rings is 3. The highest BCUT2D eigenvalue weighted by molar-refractivity contribution is 5.97. The summed E-state index contributed by atoms with van der Waals surface area (Å²) in [5.74, 6) is 0.804. The molecule has 182 valence electrons. The van der Waals surface area contributed by atoms with E-state index >= 15 is 0 Å². The number of hydrogen-bond acceptors (Lipinski definition) is 5. The number of amides is 1. The number of furan rings is 1. The molecule has 0 unspecified atom stereocenters. The van der Waals surface area contributed by atoms with Gasteiger partial charge in [-0.3, -0.25) is 4.98 Å². The van der Waals surface area contributed by atoms with Crippen LogP contribution >= 0.6 is 0 Å². The molecule has 2 N–H and O–H groups in total. The fourth-order valence-corrected chi connectivity index (χ4v) is 4.16. The first kappa shape index (κ1) is 23.4. The van der Waals surface area contributed by atoms with Crippen LogP contribution in [0.1, 0.15) is 31.9 Å². The zero-order chi connectivity index (χ0) is 25.1. The number of fused-ring (bicyclic) bond motifs is 2. The first-order chi connectivity index (χ1) is 17.4. The van der Waals surface area contributed by atoms with Crippen molar-refractivity contribution in [1.29, 1.82) is 0 Å². The molecule has 0 atom stereocenters. The standard InChI is InChI=1S/C30H29N3O3/c1-30(2,3)36-29(34)33-18-23-9-4-6-10-26(23)32-16-20-12-13-22-17-31-19-25(24(22)14-20)28-15-21-8-5-7-11-27(21)35-28/h4-15,17,19,32H,16,18H2,1-3H3,(H,33,34). The zero-order valence-electron chi connectivity index (χ0n) is 20.7. The van der Waals surface area contributed by atoms with Gasteiger partial charge >= 0.3 is 6.09 Å². The van der Waals surface area contributed by atoms with Gasteiger partial charge in [0.05, 0.1) is 0 Å². The lowest BCUT2D eigenvalue weighted by Gasteiger charge is -2.20. The second-order valence-corrected chi connectivity index (χ2v) is 9.76. The minimum atomic E-state index is -0.533. The highest BCUT2D eigenvalue weighted by Crippen LogP contribution is 2.33. The number of nitrogens with zero attached hydrogens (tertiary/aromatic N) is 1. The molecule has 5 rings (SSSR count). The first-order valence-electron chi connectivity index (χ1n) is 12.0. The van der Waals surface area contributed by atoms with E-state index < -0.39 is 11.7 Å². The van der Waals surface area contributed by atoms with Crippen molar-refractivity contribution in [3.63, 3.8) is 0 Å². The molecule has 6 nitrogen and oxygen atoms in total. The van der Waals surface area contributed by atoms with Crippen LogP contribution in [0, 0.1) is 0 Å². The molecule has 6 heteroatoms. The van der Waals surface area contributed by atoms with E-state index in [0.717, 1.165) is 49.9 Å². The van der Waals surface area contributed by atoms with E-state index in [1.54, 1.807) is 0 Å². The Labute approximate surface area is 210 Å². The van der Waals surface area contributed by atoms with Crippen molar-refractivity contribution in [1.82, 2.24) is 10.3 Å². The predicted molar refractivity (Wildman–Crippen MR) is 144 cm³/mol. The summed E-state index contributed by atoms with van der Waals surface area (Å²) in [4.78, 5) is 16.5. The highest BCUT2D eigenvalue weighted by atomic mass is 16.6. The number of ether oxygens (including phenoxy) is 1. The Morgan fingerprint density at radius 3 is 2.56 bits per heavy atom. The van der Waals surface area contributed by atoms with Crippen LogP contribution in [0.25, 0.3) is 33.1 Å². The van der Waals surface area contributed by atoms with Gasteiger partial charge in [-0.15, -0.1) is 0 Å². The van der Waals surface area contributed by atoms with Crippen molar-refractivity contribution < 1.29 is 13.9 Å². The zero-order valence-corrected chi connectivity index (χ0v) is 20.7. The average Bonchev–Trinajstić information content (AvgIpc) is 3.29. The van der Waals surface area contributed by atoms with Crippen molar-refractivity contribution in [3.05, 3.63) is 96.3 Å². The van der Waals surface area contributed by atoms with Gasteiger partial charge in [0.1, 0.15) is 16.9 Å². The first-order valence-corrected chi connectivity index (χ1v) is 12.0. The lowest BCUT2D eigenvalue weighted by atomic mass is 10.0. The number of aromatic nitrogens is 1. The quantitative estimate of drug-likeness (QED) is 0.267. The topological polar surface area (TPSA) is 76.4 Å². The maximum atomic E-state index is 12.1. The molecular weight excluding hydrogens is 450 g/mol. The molecule has 0 spiro atoms. The van der Waals surface area contributed by atoms with Crippen molar-refractivity contribution >= 4 is 33.5 Å². The van der Waals surface area contributed by atoms with Gasteiger partial charge in [0.15, 0.2) is 0 Å². The van der Waals surface area contributed by atoms with Gasteiger partial charge in [0.2, 0.25) is 0 Å². The van der Waals surface area contributed by atoms with Gasteiger partial charge < -0.3 is 19.8 Å². The number of hydrogen-bond donors (Lipinski definition) is 2. The Balaban J connectivity index is 1.35.